The van der Waals surface area contributed by atoms with Crippen LogP contribution in [-0.2, 0) is 14.8 Å². The van der Waals surface area contributed by atoms with E-state index in [0.29, 0.717) is 24.5 Å². The fourth-order valence-corrected chi connectivity index (χ4v) is 3.72. The number of primary amides is 1. The van der Waals surface area contributed by atoms with Gasteiger partial charge in [0.2, 0.25) is 11.0 Å². The van der Waals surface area contributed by atoms with E-state index in [-0.39, 0.29) is 23.9 Å². The number of carbonyl (C=O) groups excluding carboxylic acids is 2. The van der Waals surface area contributed by atoms with Gasteiger partial charge in [0.05, 0.1) is 13.2 Å². The van der Waals surface area contributed by atoms with Crippen LogP contribution >= 0.6 is 0 Å². The van der Waals surface area contributed by atoms with Crippen LogP contribution in [0.3, 0.4) is 0 Å². The number of benzene rings is 1. The molecule has 1 fully saturated rings. The second-order valence-corrected chi connectivity index (χ2v) is 7.40. The fraction of sp³-hybridized carbons (Fsp3) is 0.250. The fourth-order valence-electron chi connectivity index (χ4n) is 2.41. The molecule has 10 heteroatoms. The second-order valence-electron chi connectivity index (χ2n) is 5.53. The number of rotatable bonds is 5. The van der Waals surface area contributed by atoms with Crippen LogP contribution in [0.1, 0.15) is 20.9 Å². The number of hydrogen-bond donors (Lipinski definition) is 2. The molecule has 1 aliphatic rings. The van der Waals surface area contributed by atoms with Gasteiger partial charge in [0.1, 0.15) is 0 Å². The molecule has 2 heterocycles. The summed E-state index contributed by atoms with van der Waals surface area (Å²) >= 11 is 0. The summed E-state index contributed by atoms with van der Waals surface area (Å²) in [5.74, 6) is -1.33. The first-order valence-electron chi connectivity index (χ1n) is 7.77. The highest BCUT2D eigenvalue weighted by Gasteiger charge is 2.30. The molecule has 26 heavy (non-hydrogen) atoms. The molecule has 2 aromatic rings. The molecule has 0 unspecified atom stereocenters. The average Bonchev–Trinajstić information content (AvgIpc) is 3.14. The van der Waals surface area contributed by atoms with Crippen LogP contribution < -0.4 is 11.1 Å². The Kier molecular flexibility index (Phi) is 5.07. The maximum absolute atomic E-state index is 12.5. The minimum Gasteiger partial charge on any atom is -0.438 e. The van der Waals surface area contributed by atoms with E-state index in [1.807, 2.05) is 0 Å². The molecule has 3 N–H and O–H groups in total. The Morgan fingerprint density at radius 1 is 1.04 bits per heavy atom. The minimum absolute atomic E-state index is 0.143. The molecule has 9 nitrogen and oxygen atoms in total. The lowest BCUT2D eigenvalue weighted by Crippen LogP contribution is -2.40. The smallest absolute Gasteiger partial charge is 0.291 e. The first-order chi connectivity index (χ1) is 12.4. The van der Waals surface area contributed by atoms with Crippen molar-refractivity contribution in [2.75, 3.05) is 31.6 Å². The van der Waals surface area contributed by atoms with E-state index in [0.717, 1.165) is 0 Å². The predicted molar refractivity (Wildman–Crippen MR) is 91.2 cm³/mol. The van der Waals surface area contributed by atoms with Gasteiger partial charge in [0, 0.05) is 24.3 Å². The van der Waals surface area contributed by atoms with Crippen LogP contribution in [-0.4, -0.2) is 50.8 Å². The number of nitrogens with two attached hydrogens (primary N) is 1. The van der Waals surface area contributed by atoms with Gasteiger partial charge in [-0.15, -0.1) is 0 Å². The van der Waals surface area contributed by atoms with Gasteiger partial charge >= 0.3 is 0 Å². The molecule has 0 atom stereocenters. The van der Waals surface area contributed by atoms with E-state index in [1.165, 1.54) is 40.7 Å². The lowest BCUT2D eigenvalue weighted by atomic mass is 10.2. The quantitative estimate of drug-likeness (QED) is 0.784. The number of amides is 2. The van der Waals surface area contributed by atoms with E-state index in [2.05, 4.69) is 5.32 Å². The first-order valence-corrected chi connectivity index (χ1v) is 9.21. The van der Waals surface area contributed by atoms with Crippen molar-refractivity contribution in [1.29, 1.82) is 0 Å². The van der Waals surface area contributed by atoms with Crippen LogP contribution in [0, 0.1) is 0 Å². The van der Waals surface area contributed by atoms with Crippen molar-refractivity contribution >= 4 is 27.5 Å². The SMILES string of the molecule is NC(=O)c1ccc(NC(=O)c2ccc(S(=O)(=O)N3CCOCC3)o2)cc1. The van der Waals surface area contributed by atoms with Gasteiger partial charge in [-0.1, -0.05) is 0 Å². The lowest BCUT2D eigenvalue weighted by molar-refractivity contribution is 0.0723. The highest BCUT2D eigenvalue weighted by molar-refractivity contribution is 7.89. The molecular formula is C16H17N3O6S. The van der Waals surface area contributed by atoms with Crippen LogP contribution in [0.2, 0.25) is 0 Å². The molecule has 3 rings (SSSR count). The largest absolute Gasteiger partial charge is 0.438 e. The lowest BCUT2D eigenvalue weighted by Gasteiger charge is -2.24. The van der Waals surface area contributed by atoms with Gasteiger partial charge in [-0.25, -0.2) is 8.42 Å². The molecule has 0 aliphatic carbocycles. The third kappa shape index (κ3) is 3.77. The molecule has 0 saturated carbocycles. The van der Waals surface area contributed by atoms with Gasteiger partial charge in [0.15, 0.2) is 5.76 Å². The Balaban J connectivity index is 1.72. The molecule has 0 radical (unpaired) electrons. The van der Waals surface area contributed by atoms with Gasteiger partial charge < -0.3 is 20.2 Å². The summed E-state index contributed by atoms with van der Waals surface area (Å²) in [4.78, 5) is 23.3. The summed E-state index contributed by atoms with van der Waals surface area (Å²) in [6.45, 7) is 1.09. The van der Waals surface area contributed by atoms with Crippen molar-refractivity contribution in [1.82, 2.24) is 4.31 Å². The highest BCUT2D eigenvalue weighted by atomic mass is 32.2. The third-order valence-electron chi connectivity index (χ3n) is 3.80. The normalized spacial score (nSPS) is 15.5. The zero-order chi connectivity index (χ0) is 18.7. The van der Waals surface area contributed by atoms with Crippen molar-refractivity contribution in [3.8, 4) is 0 Å². The second kappa shape index (κ2) is 7.28. The zero-order valence-corrected chi connectivity index (χ0v) is 14.5. The Bertz CT molecular complexity index is 914. The van der Waals surface area contributed by atoms with E-state index in [4.69, 9.17) is 14.9 Å². The Labute approximate surface area is 149 Å². The van der Waals surface area contributed by atoms with Gasteiger partial charge in [-0.2, -0.15) is 4.31 Å². The van der Waals surface area contributed by atoms with Gasteiger partial charge in [0.25, 0.3) is 15.9 Å². The number of anilines is 1. The van der Waals surface area contributed by atoms with Gasteiger partial charge in [-0.3, -0.25) is 9.59 Å². The Morgan fingerprint density at radius 2 is 1.69 bits per heavy atom. The predicted octanol–water partition coefficient (Wildman–Crippen LogP) is 0.652. The van der Waals surface area contributed by atoms with Crippen LogP contribution in [0.15, 0.2) is 45.9 Å². The monoisotopic (exact) mass is 379 g/mol. The minimum atomic E-state index is -3.81. The molecule has 1 saturated heterocycles. The summed E-state index contributed by atoms with van der Waals surface area (Å²) in [5, 5.41) is 2.26. The number of furan rings is 1. The summed E-state index contributed by atoms with van der Waals surface area (Å²) in [7, 11) is -3.81. The molecule has 1 aromatic carbocycles. The average molecular weight is 379 g/mol. The highest BCUT2D eigenvalue weighted by Crippen LogP contribution is 2.21. The molecule has 1 aromatic heterocycles. The van der Waals surface area contributed by atoms with Crippen molar-refractivity contribution in [2.45, 2.75) is 5.09 Å². The van der Waals surface area contributed by atoms with Crippen LogP contribution in [0.4, 0.5) is 5.69 Å². The molecule has 0 spiro atoms. The third-order valence-corrected chi connectivity index (χ3v) is 5.57. The molecule has 2 amide bonds. The molecule has 0 bridgehead atoms. The van der Waals surface area contributed by atoms with Crippen molar-refractivity contribution in [2.24, 2.45) is 5.73 Å². The molecular weight excluding hydrogens is 362 g/mol. The molecule has 1 aliphatic heterocycles. The number of carbonyl (C=O) groups is 2. The number of hydrogen-bond acceptors (Lipinski definition) is 6. The Hall–Kier alpha value is -2.69. The van der Waals surface area contributed by atoms with E-state index in [1.54, 1.807) is 0 Å². The summed E-state index contributed by atoms with van der Waals surface area (Å²) in [6, 6.07) is 8.48. The number of nitrogens with one attached hydrogen (secondary N) is 1. The van der Waals surface area contributed by atoms with Crippen molar-refractivity contribution in [3.63, 3.8) is 0 Å². The number of nitrogens with zero attached hydrogens (tertiary/aromatic N) is 1. The summed E-state index contributed by atoms with van der Waals surface area (Å²) in [6.07, 6.45) is 0. The topological polar surface area (TPSA) is 132 Å². The first kappa shape index (κ1) is 18.1. The summed E-state index contributed by atoms with van der Waals surface area (Å²) in [5.41, 5.74) is 5.87. The number of morpholine rings is 1. The van der Waals surface area contributed by atoms with Gasteiger partial charge in [-0.05, 0) is 36.4 Å². The van der Waals surface area contributed by atoms with Crippen molar-refractivity contribution < 1.29 is 27.2 Å². The Morgan fingerprint density at radius 3 is 2.31 bits per heavy atom. The maximum Gasteiger partial charge on any atom is 0.291 e. The maximum atomic E-state index is 12.5. The molecule has 138 valence electrons. The standard InChI is InChI=1S/C16H17N3O6S/c17-15(20)11-1-3-12(4-2-11)18-16(21)13-5-6-14(25-13)26(22,23)19-7-9-24-10-8-19/h1-6H,7-10H2,(H2,17,20)(H,18,21). The van der Waals surface area contributed by atoms with Crippen LogP contribution in [0.5, 0.6) is 0 Å². The number of ether oxygens (including phenoxy) is 1. The van der Waals surface area contributed by atoms with E-state index in [9.17, 15) is 18.0 Å². The zero-order valence-electron chi connectivity index (χ0n) is 13.7. The van der Waals surface area contributed by atoms with E-state index >= 15 is 0 Å². The van der Waals surface area contributed by atoms with Crippen LogP contribution in [0.25, 0.3) is 0 Å². The number of sulfonamides is 1. The van der Waals surface area contributed by atoms with E-state index < -0.39 is 21.8 Å². The summed E-state index contributed by atoms with van der Waals surface area (Å²) < 4.78 is 36.6. The van der Waals surface area contributed by atoms with Crippen molar-refractivity contribution in [3.05, 3.63) is 47.7 Å².